The quantitative estimate of drug-likeness (QED) is 0.0449. The number of carbonyl (C=O) groups excluding carboxylic acids is 3. The van der Waals surface area contributed by atoms with Crippen LogP contribution in [0.25, 0.3) is 0 Å². The molecule has 10 radical (unpaired) electrons. The van der Waals surface area contributed by atoms with Gasteiger partial charge in [0.05, 0.1) is 129 Å². The fourth-order valence-corrected chi connectivity index (χ4v) is 5.58. The molecule has 20 heteroatoms. The molecule has 3 aliphatic rings. The Labute approximate surface area is 410 Å². The molecule has 4 rings (SSSR count). The first-order valence-corrected chi connectivity index (χ1v) is 22.7. The van der Waals surface area contributed by atoms with Gasteiger partial charge in [0, 0.05) is 24.6 Å². The average Bonchev–Trinajstić information content (AvgIpc) is 4.07. The van der Waals surface area contributed by atoms with Crippen LogP contribution in [0.5, 0.6) is 0 Å². The number of alkyl carbamates (subject to hydrolysis) is 1. The summed E-state index contributed by atoms with van der Waals surface area (Å²) in [5, 5.41) is 8.00. The number of hydrogen-bond donors (Lipinski definition) is 4. The van der Waals surface area contributed by atoms with E-state index in [4.69, 9.17) is 51.9 Å². The molecule has 1 aliphatic heterocycles. The van der Waals surface area contributed by atoms with Crippen LogP contribution in [0.2, 0.25) is 0 Å². The number of amides is 3. The first-order valence-electron chi connectivity index (χ1n) is 22.1. The van der Waals surface area contributed by atoms with Gasteiger partial charge in [0.1, 0.15) is 6.61 Å². The minimum atomic E-state index is -0.605. The van der Waals surface area contributed by atoms with E-state index in [0.717, 1.165) is 16.9 Å². The topological polar surface area (TPSA) is 189 Å². The summed E-state index contributed by atoms with van der Waals surface area (Å²) >= 11 is 4.07. The molecule has 1 saturated heterocycles. The van der Waals surface area contributed by atoms with Crippen molar-refractivity contribution in [3.8, 4) is 0 Å². The van der Waals surface area contributed by atoms with E-state index < -0.39 is 24.4 Å². The second-order valence-corrected chi connectivity index (χ2v) is 15.9. The maximum atomic E-state index is 12.4. The summed E-state index contributed by atoms with van der Waals surface area (Å²) in [4.78, 5) is 36.7. The largest absolute Gasteiger partial charge is 2.00 e. The fourth-order valence-electron chi connectivity index (χ4n) is 5.46. The van der Waals surface area contributed by atoms with Crippen molar-refractivity contribution in [1.82, 2.24) is 16.0 Å². The molecule has 0 unspecified atom stereocenters. The van der Waals surface area contributed by atoms with Crippen molar-refractivity contribution >= 4 is 43.1 Å². The Hall–Kier alpha value is -2.04. The summed E-state index contributed by atoms with van der Waals surface area (Å²) < 4.78 is 60.9. The molecule has 66 heavy (non-hydrogen) atoms. The number of rotatable bonds is 34. The first-order chi connectivity index (χ1) is 31.5. The Kier molecular flexibility index (Phi) is 33.6. The fraction of sp³-hybridized carbons (Fsp3) is 0.587. The molecule has 1 heterocycles. The van der Waals surface area contributed by atoms with Crippen LogP contribution in [0.1, 0.15) is 39.7 Å². The number of hydrogen-bond acceptors (Lipinski definition) is 15. The molecule has 1 aromatic carbocycles. The van der Waals surface area contributed by atoms with Crippen LogP contribution in [0.4, 0.5) is 4.79 Å². The number of nitrogens with one attached hydrogen (secondary N) is 3. The Morgan fingerprint density at radius 2 is 1.03 bits per heavy atom. The number of ether oxygens (including phenoxy) is 9. The van der Waals surface area contributed by atoms with Gasteiger partial charge in [-0.2, -0.15) is 12.6 Å². The third-order valence-electron chi connectivity index (χ3n) is 9.74. The summed E-state index contributed by atoms with van der Waals surface area (Å²) in [7, 11) is -0.463. The number of carbonyl (C=O) groups is 3. The van der Waals surface area contributed by atoms with Crippen molar-refractivity contribution in [1.29, 1.82) is 0 Å². The van der Waals surface area contributed by atoms with E-state index in [9.17, 15) is 14.4 Å². The van der Waals surface area contributed by atoms with E-state index in [1.165, 1.54) is 0 Å². The Balaban J connectivity index is 0.00000233. The molecule has 0 atom stereocenters. The molecule has 3 fully saturated rings. The van der Waals surface area contributed by atoms with Crippen LogP contribution in [-0.2, 0) is 85.2 Å². The third-order valence-corrected chi connectivity index (χ3v) is 9.93. The van der Waals surface area contributed by atoms with Gasteiger partial charge >= 0.3 is 30.3 Å². The van der Waals surface area contributed by atoms with E-state index in [1.807, 2.05) is 84.1 Å². The van der Waals surface area contributed by atoms with Gasteiger partial charge in [-0.1, -0.05) is 24.3 Å². The van der Waals surface area contributed by atoms with Crippen molar-refractivity contribution in [3.63, 3.8) is 0 Å². The normalized spacial score (nSPS) is 16.7. The zero-order valence-corrected chi connectivity index (χ0v) is 40.9. The van der Waals surface area contributed by atoms with E-state index in [2.05, 4.69) is 28.6 Å². The Bertz CT molecular complexity index is 1400. The van der Waals surface area contributed by atoms with Crippen LogP contribution in [0.3, 0.4) is 0 Å². The van der Waals surface area contributed by atoms with Crippen molar-refractivity contribution in [2.45, 2.75) is 51.9 Å². The van der Waals surface area contributed by atoms with Crippen molar-refractivity contribution < 1.29 is 83.4 Å². The smallest absolute Gasteiger partial charge is 0.445 e. The molecule has 17 nitrogen and oxygen atoms in total. The first kappa shape index (κ1) is 60.1. The van der Waals surface area contributed by atoms with Gasteiger partial charge in [-0.25, -0.2) is 4.79 Å². The zero-order valence-electron chi connectivity index (χ0n) is 38.9. The zero-order chi connectivity index (χ0) is 46.9. The van der Waals surface area contributed by atoms with Gasteiger partial charge in [0.2, 0.25) is 11.8 Å². The van der Waals surface area contributed by atoms with Crippen LogP contribution in [0, 0.1) is 63.3 Å². The summed E-state index contributed by atoms with van der Waals surface area (Å²) in [5.41, 5.74) is 0.847. The summed E-state index contributed by atoms with van der Waals surface area (Å²) in [6.45, 7) is 15.5. The second-order valence-electron chi connectivity index (χ2n) is 15.4. The van der Waals surface area contributed by atoms with Crippen LogP contribution >= 0.6 is 12.6 Å². The van der Waals surface area contributed by atoms with Crippen LogP contribution in [-0.4, -0.2) is 161 Å². The average molecular weight is 988 g/mol. The molecular weight excluding hydrogens is 917 g/mol. The van der Waals surface area contributed by atoms with Crippen molar-refractivity contribution in [2.24, 2.45) is 0 Å². The molecule has 2 saturated carbocycles. The van der Waals surface area contributed by atoms with E-state index in [0.29, 0.717) is 111 Å². The maximum absolute atomic E-state index is 12.4. The molecular formula is C46H70BFeN3O14S+2. The van der Waals surface area contributed by atoms with Gasteiger partial charge in [-0.05, 0) is 90.1 Å². The predicted octanol–water partition coefficient (Wildman–Crippen LogP) is 2.65. The van der Waals surface area contributed by atoms with Gasteiger partial charge in [0.25, 0.3) is 0 Å². The molecule has 0 spiro atoms. The summed E-state index contributed by atoms with van der Waals surface area (Å²) in [6, 6.07) is 8.07. The van der Waals surface area contributed by atoms with Gasteiger partial charge in [-0.3, -0.25) is 9.59 Å². The maximum Gasteiger partial charge on any atom is 2.00 e. The van der Waals surface area contributed by atoms with E-state index in [-0.39, 0.29) is 61.6 Å². The van der Waals surface area contributed by atoms with E-state index >= 15 is 0 Å². The molecule has 0 aromatic heterocycles. The number of benzene rings is 1. The molecule has 1 aromatic rings. The van der Waals surface area contributed by atoms with Gasteiger partial charge in [-0.15, -0.1) is 0 Å². The second kappa shape index (κ2) is 36.9. The standard InChI is InChI=1S/C41H65BN3O14S.C5H5.Fe/c1-40(2)41(3,4)59-42(58-40)35-8-5-33(6-9-35)32-57-39(48)45-36-10-7-34(29-36)30-43-38(47)31-44-37(46)11-12-49-13-14-50-15-16-51-17-18-52-19-20-53-21-22-54-23-24-55-25-26-56-27-28-60;1-2-4-5-3-1;/h5-10,29,60H,11-28,30-32H2,1-4H3,(H,43,47)(H,44,46)(H,45,48);1-5H;/q;;+2. The van der Waals surface area contributed by atoms with Crippen LogP contribution < -0.4 is 21.4 Å². The monoisotopic (exact) mass is 987 g/mol. The van der Waals surface area contributed by atoms with Crippen molar-refractivity contribution in [2.75, 3.05) is 125 Å². The minimum absolute atomic E-state index is 0. The third kappa shape index (κ3) is 27.8. The van der Waals surface area contributed by atoms with Gasteiger partial charge < -0.3 is 67.9 Å². The molecule has 3 N–H and O–H groups in total. The predicted molar refractivity (Wildman–Crippen MR) is 247 cm³/mol. The summed E-state index contributed by atoms with van der Waals surface area (Å²) in [5.74, 6) is 0.823. The van der Waals surface area contributed by atoms with Gasteiger partial charge in [0.15, 0.2) is 0 Å². The summed E-state index contributed by atoms with van der Waals surface area (Å²) in [6.07, 6.45) is 14.7. The molecule has 368 valence electrons. The molecule has 2 aliphatic carbocycles. The minimum Gasteiger partial charge on any atom is -0.445 e. The molecule has 3 amide bonds. The SMILES string of the molecule is CC1(C)OB(c2ccc(COC(=O)N[C]3[CH][CH][C](CNC(=O)CNC(=O)CCOCCOCCOCCOCCOCCOCCOCCOCCS)[CH]3)cc2)OC1(C)C.[CH]1[CH][CH][CH][CH]1.[Fe+2]. The Morgan fingerprint density at radius 1 is 0.591 bits per heavy atom. The van der Waals surface area contributed by atoms with Crippen molar-refractivity contribution in [3.05, 3.63) is 93.2 Å². The number of thiol groups is 1. The van der Waals surface area contributed by atoms with E-state index in [1.54, 1.807) is 19.3 Å². The molecule has 0 bridgehead atoms. The Morgan fingerprint density at radius 3 is 1.48 bits per heavy atom. The van der Waals surface area contributed by atoms with Crippen LogP contribution in [0.15, 0.2) is 24.3 Å².